The van der Waals surface area contributed by atoms with Crippen LogP contribution in [-0.4, -0.2) is 36.5 Å². The number of ether oxygens (including phenoxy) is 1. The van der Waals surface area contributed by atoms with Crippen molar-refractivity contribution < 1.29 is 44.5 Å². The number of rotatable bonds is 4. The largest absolute Gasteiger partial charge is 0.444 e. The zero-order valence-electron chi connectivity index (χ0n) is 14.4. The molecule has 27 heavy (non-hydrogen) atoms. The number of esters is 1. The lowest BCUT2D eigenvalue weighted by Gasteiger charge is -2.57. The van der Waals surface area contributed by atoms with Gasteiger partial charge in [0.1, 0.15) is 0 Å². The van der Waals surface area contributed by atoms with Crippen molar-refractivity contribution in [1.29, 1.82) is 0 Å². The van der Waals surface area contributed by atoms with Gasteiger partial charge in [0.05, 0.1) is 5.41 Å². The molecule has 6 atom stereocenters. The molecule has 4 rings (SSSR count). The molecule has 0 radical (unpaired) electrons. The smallest absolute Gasteiger partial charge is 0.432 e. The lowest BCUT2D eigenvalue weighted by atomic mass is 9.46. The second kappa shape index (κ2) is 4.95. The van der Waals surface area contributed by atoms with Crippen molar-refractivity contribution in [1.82, 2.24) is 0 Å². The highest BCUT2D eigenvalue weighted by atomic mass is 32.2. The molecule has 0 amide bonds. The van der Waals surface area contributed by atoms with Gasteiger partial charge in [-0.2, -0.15) is 30.4 Å². The molecule has 154 valence electrons. The Labute approximate surface area is 152 Å². The minimum Gasteiger partial charge on any atom is -0.444 e. The van der Waals surface area contributed by atoms with Crippen LogP contribution >= 0.6 is 0 Å². The molecule has 4 aliphatic rings. The summed E-state index contributed by atoms with van der Waals surface area (Å²) in [5.41, 5.74) is -1.81. The Bertz CT molecular complexity index is 807. The van der Waals surface area contributed by atoms with Gasteiger partial charge in [0, 0.05) is 0 Å². The lowest BCUT2D eigenvalue weighted by molar-refractivity contribution is -0.270. The molecule has 4 saturated carbocycles. The van der Waals surface area contributed by atoms with Crippen molar-refractivity contribution in [3.8, 4) is 0 Å². The van der Waals surface area contributed by atoms with Crippen molar-refractivity contribution in [2.75, 3.05) is 0 Å². The Hall–Kier alpha value is -0.970. The summed E-state index contributed by atoms with van der Waals surface area (Å²) in [5.74, 6) is -1.15. The van der Waals surface area contributed by atoms with Crippen molar-refractivity contribution in [3.63, 3.8) is 0 Å². The van der Waals surface area contributed by atoms with Crippen molar-refractivity contribution in [3.05, 3.63) is 0 Å². The summed E-state index contributed by atoms with van der Waals surface area (Å²) in [7, 11) is -6.43. The quantitative estimate of drug-likeness (QED) is 0.429. The minimum absolute atomic E-state index is 0.00603. The van der Waals surface area contributed by atoms with Crippen molar-refractivity contribution in [2.24, 2.45) is 28.1 Å². The van der Waals surface area contributed by atoms with E-state index in [1.165, 1.54) is 0 Å². The molecule has 1 spiro atoms. The minimum atomic E-state index is -6.43. The van der Waals surface area contributed by atoms with Gasteiger partial charge in [-0.05, 0) is 61.2 Å². The van der Waals surface area contributed by atoms with E-state index >= 15 is 0 Å². The molecule has 0 saturated heterocycles. The topological polar surface area (TPSA) is 80.7 Å². The van der Waals surface area contributed by atoms with Gasteiger partial charge >= 0.3 is 27.5 Å². The molecule has 4 fully saturated rings. The first-order valence-electron chi connectivity index (χ1n) is 8.69. The monoisotopic (exact) mass is 418 g/mol. The van der Waals surface area contributed by atoms with Gasteiger partial charge in [0.25, 0.3) is 6.10 Å². The highest BCUT2D eigenvalue weighted by molar-refractivity contribution is 7.86. The third kappa shape index (κ3) is 2.30. The van der Waals surface area contributed by atoms with Gasteiger partial charge in [-0.25, -0.2) is 0 Å². The molecule has 0 aromatic rings. The molecular formula is C16H19F5O5S. The number of fused-ring (bicyclic) bond motifs is 2. The zero-order chi connectivity index (χ0) is 20.3. The van der Waals surface area contributed by atoms with Gasteiger partial charge < -0.3 is 4.74 Å². The van der Waals surface area contributed by atoms with Crippen LogP contribution in [0.5, 0.6) is 0 Å². The van der Waals surface area contributed by atoms with E-state index in [0.717, 1.165) is 12.8 Å². The summed E-state index contributed by atoms with van der Waals surface area (Å²) >= 11 is 0. The van der Waals surface area contributed by atoms with Crippen LogP contribution in [0, 0.1) is 28.1 Å². The Morgan fingerprint density at radius 1 is 1.11 bits per heavy atom. The van der Waals surface area contributed by atoms with Gasteiger partial charge in [-0.3, -0.25) is 9.35 Å². The van der Waals surface area contributed by atoms with E-state index in [-0.39, 0.29) is 30.1 Å². The molecule has 4 aliphatic carbocycles. The molecule has 11 heteroatoms. The zero-order valence-corrected chi connectivity index (χ0v) is 15.2. The molecule has 0 aliphatic heterocycles. The second-order valence-electron chi connectivity index (χ2n) is 9.17. The summed E-state index contributed by atoms with van der Waals surface area (Å²) in [6.45, 7) is 2.08. The van der Waals surface area contributed by atoms with Crippen molar-refractivity contribution >= 4 is 16.1 Å². The maximum absolute atomic E-state index is 13.8. The maximum atomic E-state index is 13.8. The first-order chi connectivity index (χ1) is 12.1. The Kier molecular flexibility index (Phi) is 3.55. The van der Waals surface area contributed by atoms with E-state index in [1.54, 1.807) is 0 Å². The number of carbonyl (C=O) groups is 1. The average molecular weight is 418 g/mol. The highest BCUT2D eigenvalue weighted by Gasteiger charge is 2.80. The Morgan fingerprint density at radius 3 is 2.30 bits per heavy atom. The fraction of sp³-hybridized carbons (Fsp3) is 0.938. The number of halogens is 5. The van der Waals surface area contributed by atoms with Crippen LogP contribution in [0.25, 0.3) is 0 Å². The van der Waals surface area contributed by atoms with Crippen LogP contribution in [-0.2, 0) is 19.6 Å². The normalized spacial score (nSPS) is 44.0. The van der Waals surface area contributed by atoms with Crippen LogP contribution < -0.4 is 0 Å². The first-order valence-corrected chi connectivity index (χ1v) is 10.1. The number of carbonyl (C=O) groups excluding carboxylic acids is 1. The van der Waals surface area contributed by atoms with Gasteiger partial charge in [0.2, 0.25) is 0 Å². The van der Waals surface area contributed by atoms with Crippen LogP contribution in [0.3, 0.4) is 0 Å². The maximum Gasteiger partial charge on any atom is 0.432 e. The molecule has 5 unspecified atom stereocenters. The van der Waals surface area contributed by atoms with E-state index in [1.807, 2.05) is 0 Å². The molecule has 0 heterocycles. The van der Waals surface area contributed by atoms with E-state index in [4.69, 9.17) is 4.55 Å². The van der Waals surface area contributed by atoms with E-state index in [9.17, 15) is 35.2 Å². The molecule has 5 nitrogen and oxygen atoms in total. The third-order valence-corrected chi connectivity index (χ3v) is 8.35. The van der Waals surface area contributed by atoms with Crippen LogP contribution in [0.4, 0.5) is 22.0 Å². The first kappa shape index (κ1) is 19.4. The van der Waals surface area contributed by atoms with E-state index in [2.05, 4.69) is 11.7 Å². The SMILES string of the molecule is C[C@@]12CC3CC4(C(=O)OC(C(F)(F)F)C(F)(F)S(=O)(=O)O)CC(C1)C4(C3)C2. The summed E-state index contributed by atoms with van der Waals surface area (Å²) in [6.07, 6.45) is -6.56. The van der Waals surface area contributed by atoms with Crippen LogP contribution in [0.2, 0.25) is 0 Å². The van der Waals surface area contributed by atoms with Crippen molar-refractivity contribution in [2.45, 2.75) is 63.0 Å². The van der Waals surface area contributed by atoms with Crippen LogP contribution in [0.1, 0.15) is 45.4 Å². The molecule has 3 bridgehead atoms. The molecular weight excluding hydrogens is 399 g/mol. The number of hydrogen-bond acceptors (Lipinski definition) is 4. The average Bonchev–Trinajstić information content (AvgIpc) is 2.75. The lowest BCUT2D eigenvalue weighted by Crippen LogP contribution is -2.60. The summed E-state index contributed by atoms with van der Waals surface area (Å²) in [5, 5.41) is -5.68. The molecule has 0 aromatic carbocycles. The number of hydrogen-bond donors (Lipinski definition) is 1. The van der Waals surface area contributed by atoms with Gasteiger partial charge in [-0.15, -0.1) is 0 Å². The van der Waals surface area contributed by atoms with Gasteiger partial charge in [-0.1, -0.05) is 6.92 Å². The standard InChI is InChI=1S/C16H19F5O5S/c1-12-2-8-3-13(6-9(5-12)14(13,4-8)7-12)11(22)26-10(15(17,18)19)16(20,21)27(23,24)25/h8-10H,2-7H2,1H3,(H,23,24,25)/t8?,9?,10?,12-,13?,14?/m1/s1. The fourth-order valence-electron chi connectivity index (χ4n) is 6.94. The number of alkyl halides is 5. The van der Waals surface area contributed by atoms with Crippen LogP contribution in [0.15, 0.2) is 0 Å². The molecule has 0 aromatic heterocycles. The highest BCUT2D eigenvalue weighted by Crippen LogP contribution is 2.84. The Morgan fingerprint density at radius 2 is 1.74 bits per heavy atom. The molecule has 1 N–H and O–H groups in total. The van der Waals surface area contributed by atoms with E-state index < -0.39 is 44.5 Å². The Balaban J connectivity index is 1.66. The second-order valence-corrected chi connectivity index (χ2v) is 10.7. The van der Waals surface area contributed by atoms with Gasteiger partial charge in [0.15, 0.2) is 0 Å². The summed E-state index contributed by atoms with van der Waals surface area (Å²) in [6, 6.07) is 0. The third-order valence-electron chi connectivity index (χ3n) is 7.44. The summed E-state index contributed by atoms with van der Waals surface area (Å²) < 4.78 is 101. The fourth-order valence-corrected chi connectivity index (χ4v) is 7.39. The predicted octanol–water partition coefficient (Wildman–Crippen LogP) is 3.55. The summed E-state index contributed by atoms with van der Waals surface area (Å²) in [4.78, 5) is 12.7. The predicted molar refractivity (Wildman–Crippen MR) is 80.1 cm³/mol. The van der Waals surface area contributed by atoms with E-state index in [0.29, 0.717) is 12.8 Å².